The normalized spacial score (nSPS) is 21.5. The van der Waals surface area contributed by atoms with Crippen LogP contribution in [-0.2, 0) is 9.53 Å². The molecule has 1 fully saturated rings. The molecule has 0 spiro atoms. The zero-order valence-electron chi connectivity index (χ0n) is 12.4. The summed E-state index contributed by atoms with van der Waals surface area (Å²) in [5, 5.41) is 10.2. The van der Waals surface area contributed by atoms with E-state index in [4.69, 9.17) is 4.74 Å². The topological polar surface area (TPSA) is 52.7 Å². The van der Waals surface area contributed by atoms with E-state index in [-0.39, 0.29) is 6.42 Å². The second kappa shape index (κ2) is 10.2. The number of hydrogen-bond donors (Lipinski definition) is 0. The number of carboxylic acids is 1. The summed E-state index contributed by atoms with van der Waals surface area (Å²) in [6, 6.07) is 0. The van der Waals surface area contributed by atoms with Crippen LogP contribution in [0.3, 0.4) is 0 Å². The van der Waals surface area contributed by atoms with Crippen LogP contribution in [0.4, 0.5) is 0 Å². The summed E-state index contributed by atoms with van der Waals surface area (Å²) in [5.74, 6) is -0.919. The van der Waals surface area contributed by atoms with Crippen LogP contribution < -0.4 is 5.11 Å². The summed E-state index contributed by atoms with van der Waals surface area (Å²) in [6.45, 7) is 2.24. The second-order valence-electron chi connectivity index (χ2n) is 5.74. The quantitative estimate of drug-likeness (QED) is 0.381. The summed E-state index contributed by atoms with van der Waals surface area (Å²) >= 11 is 0. The molecule has 1 aliphatic heterocycles. The van der Waals surface area contributed by atoms with Gasteiger partial charge in [0.05, 0.1) is 12.2 Å². The van der Waals surface area contributed by atoms with Gasteiger partial charge in [0.25, 0.3) is 0 Å². The molecule has 0 N–H and O–H groups in total. The van der Waals surface area contributed by atoms with Gasteiger partial charge in [0.1, 0.15) is 0 Å². The molecule has 1 aliphatic rings. The average Bonchev–Trinajstić information content (AvgIpc) is 3.12. The van der Waals surface area contributed by atoms with Crippen molar-refractivity contribution in [3.63, 3.8) is 0 Å². The van der Waals surface area contributed by atoms with Crippen molar-refractivity contribution in [1.82, 2.24) is 0 Å². The minimum Gasteiger partial charge on any atom is -0.550 e. The largest absolute Gasteiger partial charge is 0.550 e. The molecule has 3 nitrogen and oxygen atoms in total. The van der Waals surface area contributed by atoms with E-state index in [1.54, 1.807) is 0 Å². The van der Waals surface area contributed by atoms with Crippen molar-refractivity contribution in [2.45, 2.75) is 96.2 Å². The van der Waals surface area contributed by atoms with Crippen LogP contribution in [0.25, 0.3) is 0 Å². The van der Waals surface area contributed by atoms with Crippen LogP contribution in [0, 0.1) is 0 Å². The molecule has 0 aromatic heterocycles. The molecule has 2 atom stereocenters. The third-order valence-electron chi connectivity index (χ3n) is 3.90. The van der Waals surface area contributed by atoms with Gasteiger partial charge < -0.3 is 14.6 Å². The summed E-state index contributed by atoms with van der Waals surface area (Å²) in [6.07, 6.45) is 14.4. The van der Waals surface area contributed by atoms with Crippen molar-refractivity contribution in [1.29, 1.82) is 0 Å². The highest BCUT2D eigenvalue weighted by Crippen LogP contribution is 2.31. The summed E-state index contributed by atoms with van der Waals surface area (Å²) in [7, 11) is 0. The SMILES string of the molecule is CCCCCCC1OC1CCCCCCCC(=O)[O-]. The smallest absolute Gasteiger partial charge is 0.0841 e. The highest BCUT2D eigenvalue weighted by molar-refractivity contribution is 5.63. The van der Waals surface area contributed by atoms with Gasteiger partial charge in [-0.05, 0) is 25.7 Å². The number of carbonyl (C=O) groups is 1. The van der Waals surface area contributed by atoms with E-state index in [0.717, 1.165) is 19.3 Å². The molecular weight excluding hydrogens is 240 g/mol. The van der Waals surface area contributed by atoms with Crippen LogP contribution in [0.5, 0.6) is 0 Å². The Kier molecular flexibility index (Phi) is 8.89. The molecule has 1 rings (SSSR count). The van der Waals surface area contributed by atoms with Gasteiger partial charge in [0.2, 0.25) is 0 Å². The number of carbonyl (C=O) groups excluding carboxylic acids is 1. The lowest BCUT2D eigenvalue weighted by Crippen LogP contribution is -2.21. The maximum absolute atomic E-state index is 10.2. The number of hydrogen-bond acceptors (Lipinski definition) is 3. The van der Waals surface area contributed by atoms with E-state index in [9.17, 15) is 9.90 Å². The predicted octanol–water partition coefficient (Wildman–Crippen LogP) is 3.20. The first-order valence-corrected chi connectivity index (χ1v) is 8.09. The molecule has 0 bridgehead atoms. The molecule has 3 heteroatoms. The average molecular weight is 269 g/mol. The zero-order valence-corrected chi connectivity index (χ0v) is 12.4. The number of rotatable bonds is 13. The zero-order chi connectivity index (χ0) is 13.9. The Hall–Kier alpha value is -0.570. The van der Waals surface area contributed by atoms with Crippen molar-refractivity contribution in [2.24, 2.45) is 0 Å². The van der Waals surface area contributed by atoms with Gasteiger partial charge in [-0.1, -0.05) is 58.3 Å². The van der Waals surface area contributed by atoms with Gasteiger partial charge in [-0.3, -0.25) is 0 Å². The van der Waals surface area contributed by atoms with Gasteiger partial charge in [-0.25, -0.2) is 0 Å². The third kappa shape index (κ3) is 9.04. The van der Waals surface area contributed by atoms with Crippen LogP contribution >= 0.6 is 0 Å². The highest BCUT2D eigenvalue weighted by atomic mass is 16.6. The van der Waals surface area contributed by atoms with Gasteiger partial charge >= 0.3 is 0 Å². The molecule has 0 aliphatic carbocycles. The van der Waals surface area contributed by atoms with E-state index >= 15 is 0 Å². The number of aliphatic carboxylic acids is 1. The van der Waals surface area contributed by atoms with Gasteiger partial charge in [0, 0.05) is 5.97 Å². The molecule has 19 heavy (non-hydrogen) atoms. The Morgan fingerprint density at radius 2 is 1.42 bits per heavy atom. The maximum Gasteiger partial charge on any atom is 0.0841 e. The first-order chi connectivity index (χ1) is 9.24. The molecule has 0 amide bonds. The van der Waals surface area contributed by atoms with Gasteiger partial charge in [-0.15, -0.1) is 0 Å². The monoisotopic (exact) mass is 269 g/mol. The molecule has 0 radical (unpaired) electrons. The lowest BCUT2D eigenvalue weighted by atomic mass is 10.0. The molecular formula is C16H29O3-. The lowest BCUT2D eigenvalue weighted by molar-refractivity contribution is -0.305. The number of ether oxygens (including phenoxy) is 1. The van der Waals surface area contributed by atoms with E-state index in [0.29, 0.717) is 12.2 Å². The maximum atomic E-state index is 10.2. The third-order valence-corrected chi connectivity index (χ3v) is 3.90. The van der Waals surface area contributed by atoms with Crippen LogP contribution in [0.1, 0.15) is 84.0 Å². The van der Waals surface area contributed by atoms with Crippen LogP contribution in [-0.4, -0.2) is 18.2 Å². The minimum atomic E-state index is -0.919. The van der Waals surface area contributed by atoms with Crippen molar-refractivity contribution in [2.75, 3.05) is 0 Å². The number of unbranched alkanes of at least 4 members (excludes halogenated alkanes) is 7. The summed E-state index contributed by atoms with van der Waals surface area (Å²) in [5.41, 5.74) is 0. The number of carboxylic acid groups (broad SMARTS) is 1. The fourth-order valence-corrected chi connectivity index (χ4v) is 2.60. The summed E-state index contributed by atoms with van der Waals surface area (Å²) < 4.78 is 5.67. The van der Waals surface area contributed by atoms with E-state index in [2.05, 4.69) is 6.92 Å². The predicted molar refractivity (Wildman–Crippen MR) is 74.7 cm³/mol. The first-order valence-electron chi connectivity index (χ1n) is 8.09. The standard InChI is InChI=1S/C16H30O3/c1-2-3-4-8-11-14-15(19-14)12-9-6-5-7-10-13-16(17)18/h14-15H,2-13H2,1H3,(H,17,18)/p-1. The molecule has 1 heterocycles. The summed E-state index contributed by atoms with van der Waals surface area (Å²) in [4.78, 5) is 10.2. The Bertz CT molecular complexity index is 240. The molecule has 0 saturated carbocycles. The molecule has 0 aromatic rings. The van der Waals surface area contributed by atoms with E-state index < -0.39 is 5.97 Å². The van der Waals surface area contributed by atoms with E-state index in [1.165, 1.54) is 51.4 Å². The Morgan fingerprint density at radius 1 is 0.895 bits per heavy atom. The molecule has 112 valence electrons. The van der Waals surface area contributed by atoms with Crippen molar-refractivity contribution in [3.05, 3.63) is 0 Å². The van der Waals surface area contributed by atoms with Crippen molar-refractivity contribution in [3.8, 4) is 0 Å². The van der Waals surface area contributed by atoms with Crippen molar-refractivity contribution >= 4 is 5.97 Å². The minimum absolute atomic E-state index is 0.214. The van der Waals surface area contributed by atoms with Crippen LogP contribution in [0.15, 0.2) is 0 Å². The van der Waals surface area contributed by atoms with E-state index in [1.807, 2.05) is 0 Å². The van der Waals surface area contributed by atoms with Gasteiger partial charge in [-0.2, -0.15) is 0 Å². The fraction of sp³-hybridized carbons (Fsp3) is 0.938. The second-order valence-corrected chi connectivity index (χ2v) is 5.74. The molecule has 2 unspecified atom stereocenters. The first kappa shape index (κ1) is 16.5. The Morgan fingerprint density at radius 3 is 2.00 bits per heavy atom. The van der Waals surface area contributed by atoms with Crippen LogP contribution in [0.2, 0.25) is 0 Å². The number of epoxide rings is 1. The fourth-order valence-electron chi connectivity index (χ4n) is 2.60. The highest BCUT2D eigenvalue weighted by Gasteiger charge is 2.36. The molecule has 1 saturated heterocycles. The lowest BCUT2D eigenvalue weighted by Gasteiger charge is -2.02. The Labute approximate surface area is 117 Å². The Balaban J connectivity index is 1.78. The molecule has 0 aromatic carbocycles. The van der Waals surface area contributed by atoms with Gasteiger partial charge in [0.15, 0.2) is 0 Å². The van der Waals surface area contributed by atoms with Crippen molar-refractivity contribution < 1.29 is 14.6 Å².